The molecule has 0 saturated heterocycles. The highest BCUT2D eigenvalue weighted by molar-refractivity contribution is 6.05. The predicted octanol–water partition coefficient (Wildman–Crippen LogP) is 6.55. The summed E-state index contributed by atoms with van der Waals surface area (Å²) in [4.78, 5) is 24.5. The molecule has 174 valence electrons. The Morgan fingerprint density at radius 3 is 2.41 bits per heavy atom. The van der Waals surface area contributed by atoms with E-state index in [1.165, 1.54) is 5.57 Å². The molecular formula is C28H38O4. The smallest absolute Gasteiger partial charge is 0.309 e. The molecule has 4 heteroatoms. The van der Waals surface area contributed by atoms with Crippen molar-refractivity contribution in [2.75, 3.05) is 0 Å². The second-order valence-electron chi connectivity index (χ2n) is 11.8. The molecule has 0 aromatic rings. The number of hydrogen-bond acceptors (Lipinski definition) is 3. The van der Waals surface area contributed by atoms with Gasteiger partial charge in [-0.3, -0.25) is 9.59 Å². The lowest BCUT2D eigenvalue weighted by molar-refractivity contribution is -0.156. The SMILES string of the molecule is CC[C@]1(C)C2=CC=C3C=C(O)C(=O)C=C3[C@]2(C)CC[C@@]1(C)[C@@H]1C[C@](C)(C(=O)O)CC[C@H]1C. The van der Waals surface area contributed by atoms with E-state index in [1.807, 2.05) is 6.92 Å². The van der Waals surface area contributed by atoms with E-state index in [-0.39, 0.29) is 27.8 Å². The van der Waals surface area contributed by atoms with Crippen LogP contribution in [-0.2, 0) is 9.59 Å². The van der Waals surface area contributed by atoms with E-state index in [0.717, 1.165) is 49.7 Å². The number of carbonyl (C=O) groups excluding carboxylic acids is 1. The van der Waals surface area contributed by atoms with Crippen molar-refractivity contribution in [1.82, 2.24) is 0 Å². The highest BCUT2D eigenvalue weighted by Gasteiger charge is 2.61. The van der Waals surface area contributed by atoms with Gasteiger partial charge in [0.05, 0.1) is 5.41 Å². The average molecular weight is 439 g/mol. The van der Waals surface area contributed by atoms with Crippen LogP contribution in [0.3, 0.4) is 0 Å². The lowest BCUT2D eigenvalue weighted by Gasteiger charge is -2.64. The zero-order chi connectivity index (χ0) is 23.7. The summed E-state index contributed by atoms with van der Waals surface area (Å²) in [6.07, 6.45) is 12.8. The number of carboxylic acids is 1. The fourth-order valence-electron chi connectivity index (χ4n) is 7.63. The van der Waals surface area contributed by atoms with Gasteiger partial charge in [0, 0.05) is 5.41 Å². The molecule has 2 saturated carbocycles. The number of carbonyl (C=O) groups is 2. The van der Waals surface area contributed by atoms with Gasteiger partial charge in [-0.15, -0.1) is 0 Å². The van der Waals surface area contributed by atoms with Gasteiger partial charge in [0.25, 0.3) is 0 Å². The average Bonchev–Trinajstić information content (AvgIpc) is 2.74. The van der Waals surface area contributed by atoms with Gasteiger partial charge in [-0.05, 0) is 91.4 Å². The minimum Gasteiger partial charge on any atom is -0.504 e. The Kier molecular flexibility index (Phi) is 5.19. The van der Waals surface area contributed by atoms with Crippen molar-refractivity contribution >= 4 is 11.8 Å². The molecule has 0 bridgehead atoms. The number of ketones is 1. The van der Waals surface area contributed by atoms with Crippen LogP contribution in [0.15, 0.2) is 46.8 Å². The molecule has 0 unspecified atom stereocenters. The Morgan fingerprint density at radius 1 is 1.09 bits per heavy atom. The summed E-state index contributed by atoms with van der Waals surface area (Å²) in [5.74, 6) is -0.372. The van der Waals surface area contributed by atoms with Crippen LogP contribution in [0.1, 0.15) is 80.1 Å². The van der Waals surface area contributed by atoms with E-state index in [1.54, 1.807) is 12.2 Å². The fraction of sp³-hybridized carbons (Fsp3) is 0.643. The van der Waals surface area contributed by atoms with Crippen LogP contribution in [0.2, 0.25) is 0 Å². The van der Waals surface area contributed by atoms with Crippen LogP contribution in [0, 0.1) is 33.5 Å². The van der Waals surface area contributed by atoms with E-state index in [2.05, 4.69) is 46.8 Å². The minimum atomic E-state index is -0.668. The normalized spacial score (nSPS) is 43.9. The molecule has 32 heavy (non-hydrogen) atoms. The highest BCUT2D eigenvalue weighted by atomic mass is 16.4. The van der Waals surface area contributed by atoms with Crippen LogP contribution in [0.25, 0.3) is 0 Å². The molecule has 0 aromatic heterocycles. The molecule has 0 radical (unpaired) electrons. The van der Waals surface area contributed by atoms with E-state index in [9.17, 15) is 19.8 Å². The molecule has 4 aliphatic carbocycles. The highest BCUT2D eigenvalue weighted by Crippen LogP contribution is 2.70. The van der Waals surface area contributed by atoms with E-state index >= 15 is 0 Å². The maximum absolute atomic E-state index is 12.4. The zero-order valence-corrected chi connectivity index (χ0v) is 20.4. The lowest BCUT2D eigenvalue weighted by Crippen LogP contribution is -2.56. The summed E-state index contributed by atoms with van der Waals surface area (Å²) in [6, 6.07) is 0. The molecule has 0 amide bonds. The first-order valence-corrected chi connectivity index (χ1v) is 12.2. The van der Waals surface area contributed by atoms with E-state index < -0.39 is 11.4 Å². The predicted molar refractivity (Wildman–Crippen MR) is 126 cm³/mol. The van der Waals surface area contributed by atoms with Crippen molar-refractivity contribution < 1.29 is 19.8 Å². The van der Waals surface area contributed by atoms with Crippen molar-refractivity contribution in [2.24, 2.45) is 33.5 Å². The molecule has 0 heterocycles. The number of hydrogen-bond donors (Lipinski definition) is 2. The quantitative estimate of drug-likeness (QED) is 0.524. The topological polar surface area (TPSA) is 74.6 Å². The molecule has 0 spiro atoms. The number of allylic oxidation sites excluding steroid dienone is 7. The Balaban J connectivity index is 1.83. The maximum atomic E-state index is 12.4. The molecule has 0 aliphatic heterocycles. The Labute approximate surface area is 192 Å². The van der Waals surface area contributed by atoms with Crippen LogP contribution in [0.4, 0.5) is 0 Å². The standard InChI is InChI=1S/C28H38O4/c1-7-27(5)23-9-8-18-14-21(29)22(30)15-19(18)26(23,4)12-13-28(27,6)20-16-25(3,24(31)32)11-10-17(20)2/h8-9,14-15,17,20,29H,7,10-13,16H2,1-6H3,(H,31,32)/t17-,20-,25-,26+,27-,28+/m1/s1. The molecule has 0 aromatic carbocycles. The first-order chi connectivity index (χ1) is 14.8. The Morgan fingerprint density at radius 2 is 1.78 bits per heavy atom. The maximum Gasteiger partial charge on any atom is 0.309 e. The number of rotatable bonds is 3. The van der Waals surface area contributed by atoms with Crippen LogP contribution < -0.4 is 0 Å². The van der Waals surface area contributed by atoms with Crippen molar-refractivity contribution in [2.45, 2.75) is 80.1 Å². The largest absolute Gasteiger partial charge is 0.504 e. The van der Waals surface area contributed by atoms with Gasteiger partial charge in [-0.25, -0.2) is 0 Å². The molecule has 2 fully saturated rings. The van der Waals surface area contributed by atoms with Gasteiger partial charge in [-0.1, -0.05) is 52.3 Å². The van der Waals surface area contributed by atoms with Crippen molar-refractivity contribution in [3.8, 4) is 0 Å². The summed E-state index contributed by atoms with van der Waals surface area (Å²) in [5, 5.41) is 20.0. The molecule has 4 aliphatic rings. The Bertz CT molecular complexity index is 997. The fourth-order valence-corrected chi connectivity index (χ4v) is 7.63. The number of aliphatic carboxylic acids is 1. The van der Waals surface area contributed by atoms with Gasteiger partial charge in [-0.2, -0.15) is 0 Å². The minimum absolute atomic E-state index is 0.0355. The van der Waals surface area contributed by atoms with Gasteiger partial charge < -0.3 is 10.2 Å². The number of aliphatic hydroxyl groups is 1. The summed E-state index contributed by atoms with van der Waals surface area (Å²) in [6.45, 7) is 13.5. The third kappa shape index (κ3) is 2.94. The summed E-state index contributed by atoms with van der Waals surface area (Å²) in [5.41, 5.74) is 2.23. The summed E-state index contributed by atoms with van der Waals surface area (Å²) in [7, 11) is 0. The third-order valence-electron chi connectivity index (χ3n) is 10.3. The van der Waals surface area contributed by atoms with Crippen LogP contribution >= 0.6 is 0 Å². The number of fused-ring (bicyclic) bond motifs is 3. The molecule has 4 rings (SSSR count). The monoisotopic (exact) mass is 438 g/mol. The van der Waals surface area contributed by atoms with Crippen LogP contribution in [-0.4, -0.2) is 22.0 Å². The second-order valence-corrected chi connectivity index (χ2v) is 11.8. The second kappa shape index (κ2) is 7.20. The van der Waals surface area contributed by atoms with Crippen molar-refractivity contribution in [1.29, 1.82) is 0 Å². The molecule has 4 nitrogen and oxygen atoms in total. The van der Waals surface area contributed by atoms with E-state index in [4.69, 9.17) is 0 Å². The number of aliphatic hydroxyl groups excluding tert-OH is 1. The van der Waals surface area contributed by atoms with Crippen molar-refractivity contribution in [3.05, 3.63) is 46.8 Å². The third-order valence-corrected chi connectivity index (χ3v) is 10.3. The van der Waals surface area contributed by atoms with Gasteiger partial charge in [0.2, 0.25) is 5.78 Å². The first-order valence-electron chi connectivity index (χ1n) is 12.2. The summed E-state index contributed by atoms with van der Waals surface area (Å²) < 4.78 is 0. The number of carboxylic acid groups (broad SMARTS) is 1. The summed E-state index contributed by atoms with van der Waals surface area (Å²) >= 11 is 0. The molecule has 2 N–H and O–H groups in total. The van der Waals surface area contributed by atoms with Gasteiger partial charge in [0.15, 0.2) is 5.76 Å². The molecule has 6 atom stereocenters. The van der Waals surface area contributed by atoms with Crippen molar-refractivity contribution in [3.63, 3.8) is 0 Å². The lowest BCUT2D eigenvalue weighted by atomic mass is 9.40. The molecular weight excluding hydrogens is 400 g/mol. The van der Waals surface area contributed by atoms with Gasteiger partial charge in [0.1, 0.15) is 0 Å². The van der Waals surface area contributed by atoms with Crippen LogP contribution in [0.5, 0.6) is 0 Å². The first kappa shape index (κ1) is 23.1. The Hall–Kier alpha value is -2.10. The van der Waals surface area contributed by atoms with Gasteiger partial charge >= 0.3 is 5.97 Å². The van der Waals surface area contributed by atoms with E-state index in [0.29, 0.717) is 11.8 Å². The zero-order valence-electron chi connectivity index (χ0n) is 20.4.